The number of ether oxygens (including phenoxy) is 1. The Labute approximate surface area is 165 Å². The van der Waals surface area contributed by atoms with Crippen LogP contribution in [0.15, 0.2) is 48.5 Å². The van der Waals surface area contributed by atoms with E-state index < -0.39 is 0 Å². The second-order valence-electron chi connectivity index (χ2n) is 6.92. The normalized spacial score (nSPS) is 14.1. The molecule has 6 heteroatoms. The topological polar surface area (TPSA) is 70.7 Å². The van der Waals surface area contributed by atoms with Gasteiger partial charge in [-0.25, -0.2) is 0 Å². The molecule has 28 heavy (non-hydrogen) atoms. The average Bonchev–Trinajstić information content (AvgIpc) is 3.01. The van der Waals surface area contributed by atoms with E-state index in [0.29, 0.717) is 17.0 Å². The number of methoxy groups -OCH3 is 1. The molecule has 0 aromatic heterocycles. The van der Waals surface area contributed by atoms with Crippen LogP contribution in [0.5, 0.6) is 5.75 Å². The van der Waals surface area contributed by atoms with Gasteiger partial charge in [-0.15, -0.1) is 0 Å². The molecule has 2 aromatic carbocycles. The predicted molar refractivity (Wildman–Crippen MR) is 111 cm³/mol. The van der Waals surface area contributed by atoms with Crippen LogP contribution in [0.3, 0.4) is 0 Å². The SMILES string of the molecule is COc1cccc(NC(=O)CNc2cccc(C(=O)N3CCCCCC3)c2)c1. The maximum atomic E-state index is 12.8. The van der Waals surface area contributed by atoms with Crippen molar-refractivity contribution in [1.29, 1.82) is 0 Å². The van der Waals surface area contributed by atoms with Gasteiger partial charge in [0.15, 0.2) is 0 Å². The minimum absolute atomic E-state index is 0.0615. The number of anilines is 2. The number of hydrogen-bond donors (Lipinski definition) is 2. The van der Waals surface area contributed by atoms with Crippen molar-refractivity contribution in [3.8, 4) is 5.75 Å². The molecule has 6 nitrogen and oxygen atoms in total. The highest BCUT2D eigenvalue weighted by atomic mass is 16.5. The lowest BCUT2D eigenvalue weighted by molar-refractivity contribution is -0.114. The number of nitrogens with zero attached hydrogens (tertiary/aromatic N) is 1. The van der Waals surface area contributed by atoms with Crippen molar-refractivity contribution < 1.29 is 14.3 Å². The summed E-state index contributed by atoms with van der Waals surface area (Å²) in [6, 6.07) is 14.5. The van der Waals surface area contributed by atoms with E-state index in [9.17, 15) is 9.59 Å². The van der Waals surface area contributed by atoms with E-state index >= 15 is 0 Å². The molecule has 0 bridgehead atoms. The number of hydrogen-bond acceptors (Lipinski definition) is 4. The molecule has 1 heterocycles. The number of nitrogens with one attached hydrogen (secondary N) is 2. The summed E-state index contributed by atoms with van der Waals surface area (Å²) in [5, 5.41) is 5.92. The summed E-state index contributed by atoms with van der Waals surface area (Å²) >= 11 is 0. The van der Waals surface area contributed by atoms with Gasteiger partial charge < -0.3 is 20.3 Å². The van der Waals surface area contributed by atoms with Crippen LogP contribution in [0.1, 0.15) is 36.0 Å². The first-order valence-electron chi connectivity index (χ1n) is 9.73. The number of likely N-dealkylation sites (tertiary alicyclic amines) is 1. The quantitative estimate of drug-likeness (QED) is 0.799. The Morgan fingerprint density at radius 1 is 0.964 bits per heavy atom. The smallest absolute Gasteiger partial charge is 0.253 e. The summed E-state index contributed by atoms with van der Waals surface area (Å²) in [5.74, 6) is 0.578. The van der Waals surface area contributed by atoms with Crippen molar-refractivity contribution >= 4 is 23.2 Å². The minimum Gasteiger partial charge on any atom is -0.497 e. The van der Waals surface area contributed by atoms with Crippen LogP contribution in [0.4, 0.5) is 11.4 Å². The Morgan fingerprint density at radius 3 is 2.43 bits per heavy atom. The lowest BCUT2D eigenvalue weighted by Crippen LogP contribution is -2.31. The fourth-order valence-corrected chi connectivity index (χ4v) is 3.31. The van der Waals surface area contributed by atoms with Crippen LogP contribution in [0, 0.1) is 0 Å². The fraction of sp³-hybridized carbons (Fsp3) is 0.364. The second kappa shape index (κ2) is 9.78. The Kier molecular flexibility index (Phi) is 6.89. The van der Waals surface area contributed by atoms with Crippen LogP contribution in [-0.4, -0.2) is 43.5 Å². The molecule has 148 valence electrons. The van der Waals surface area contributed by atoms with Crippen LogP contribution >= 0.6 is 0 Å². The third kappa shape index (κ3) is 5.49. The van der Waals surface area contributed by atoms with Crippen molar-refractivity contribution in [1.82, 2.24) is 4.90 Å². The van der Waals surface area contributed by atoms with E-state index in [1.165, 1.54) is 12.8 Å². The van der Waals surface area contributed by atoms with Crippen molar-refractivity contribution in [3.05, 3.63) is 54.1 Å². The van der Waals surface area contributed by atoms with E-state index in [4.69, 9.17) is 4.74 Å². The van der Waals surface area contributed by atoms with Gasteiger partial charge in [0.2, 0.25) is 5.91 Å². The zero-order valence-corrected chi connectivity index (χ0v) is 16.2. The molecule has 0 radical (unpaired) electrons. The largest absolute Gasteiger partial charge is 0.497 e. The van der Waals surface area contributed by atoms with E-state index in [-0.39, 0.29) is 18.4 Å². The average molecular weight is 381 g/mol. The molecule has 1 saturated heterocycles. The van der Waals surface area contributed by atoms with E-state index in [0.717, 1.165) is 31.6 Å². The monoisotopic (exact) mass is 381 g/mol. The van der Waals surface area contributed by atoms with E-state index in [1.807, 2.05) is 41.3 Å². The summed E-state index contributed by atoms with van der Waals surface area (Å²) in [5.41, 5.74) is 2.08. The number of amides is 2. The molecule has 2 amide bonds. The molecule has 3 rings (SSSR count). The number of rotatable bonds is 6. The van der Waals surface area contributed by atoms with Gasteiger partial charge in [-0.2, -0.15) is 0 Å². The van der Waals surface area contributed by atoms with Gasteiger partial charge in [-0.3, -0.25) is 9.59 Å². The second-order valence-corrected chi connectivity index (χ2v) is 6.92. The summed E-state index contributed by atoms with van der Waals surface area (Å²) in [6.07, 6.45) is 4.50. The van der Waals surface area contributed by atoms with Crippen LogP contribution in [-0.2, 0) is 4.79 Å². The zero-order chi connectivity index (χ0) is 19.8. The Balaban J connectivity index is 1.56. The summed E-state index contributed by atoms with van der Waals surface area (Å²) in [7, 11) is 1.59. The molecule has 1 aliphatic rings. The number of carbonyl (C=O) groups is 2. The predicted octanol–water partition coefficient (Wildman–Crippen LogP) is 3.76. The van der Waals surface area contributed by atoms with Gasteiger partial charge in [-0.1, -0.05) is 25.0 Å². The molecule has 0 saturated carbocycles. The molecule has 0 spiro atoms. The molecular formula is C22H27N3O3. The summed E-state index contributed by atoms with van der Waals surface area (Å²) in [6.45, 7) is 1.75. The highest BCUT2D eigenvalue weighted by Gasteiger charge is 2.17. The number of benzene rings is 2. The highest BCUT2D eigenvalue weighted by Crippen LogP contribution is 2.18. The maximum Gasteiger partial charge on any atom is 0.253 e. The van der Waals surface area contributed by atoms with Crippen LogP contribution < -0.4 is 15.4 Å². The van der Waals surface area contributed by atoms with Gasteiger partial charge in [0.25, 0.3) is 5.91 Å². The van der Waals surface area contributed by atoms with Crippen molar-refractivity contribution in [2.24, 2.45) is 0 Å². The molecule has 1 fully saturated rings. The maximum absolute atomic E-state index is 12.8. The fourth-order valence-electron chi connectivity index (χ4n) is 3.31. The molecule has 2 N–H and O–H groups in total. The Hall–Kier alpha value is -3.02. The first-order valence-corrected chi connectivity index (χ1v) is 9.73. The zero-order valence-electron chi connectivity index (χ0n) is 16.2. The summed E-state index contributed by atoms with van der Waals surface area (Å²) in [4.78, 5) is 26.9. The van der Waals surface area contributed by atoms with Crippen LogP contribution in [0.2, 0.25) is 0 Å². The van der Waals surface area contributed by atoms with Gasteiger partial charge in [0.05, 0.1) is 13.7 Å². The summed E-state index contributed by atoms with van der Waals surface area (Å²) < 4.78 is 5.16. The standard InChI is InChI=1S/C22H27N3O3/c1-28-20-11-7-10-19(15-20)24-21(26)16-23-18-9-6-8-17(14-18)22(27)25-12-4-2-3-5-13-25/h6-11,14-15,23H,2-5,12-13,16H2,1H3,(H,24,26). The van der Waals surface area contributed by atoms with Gasteiger partial charge in [0, 0.05) is 36.1 Å². The first kappa shape index (κ1) is 19.7. The Bertz CT molecular complexity index is 814. The van der Waals surface area contributed by atoms with E-state index in [1.54, 1.807) is 19.2 Å². The highest BCUT2D eigenvalue weighted by molar-refractivity contribution is 5.96. The lowest BCUT2D eigenvalue weighted by atomic mass is 10.1. The van der Waals surface area contributed by atoms with Gasteiger partial charge >= 0.3 is 0 Å². The molecule has 2 aromatic rings. The third-order valence-electron chi connectivity index (χ3n) is 4.81. The minimum atomic E-state index is -0.169. The molecule has 1 aliphatic heterocycles. The number of carbonyl (C=O) groups excluding carboxylic acids is 2. The van der Waals surface area contributed by atoms with Crippen molar-refractivity contribution in [3.63, 3.8) is 0 Å². The first-order chi connectivity index (χ1) is 13.7. The third-order valence-corrected chi connectivity index (χ3v) is 4.81. The molecular weight excluding hydrogens is 354 g/mol. The molecule has 0 atom stereocenters. The van der Waals surface area contributed by atoms with Crippen molar-refractivity contribution in [2.75, 3.05) is 37.4 Å². The van der Waals surface area contributed by atoms with E-state index in [2.05, 4.69) is 10.6 Å². The van der Waals surface area contributed by atoms with Gasteiger partial charge in [0.1, 0.15) is 5.75 Å². The van der Waals surface area contributed by atoms with Crippen molar-refractivity contribution in [2.45, 2.75) is 25.7 Å². The molecule has 0 unspecified atom stereocenters. The Morgan fingerprint density at radius 2 is 1.68 bits per heavy atom. The van der Waals surface area contributed by atoms with Gasteiger partial charge in [-0.05, 0) is 43.2 Å². The molecule has 0 aliphatic carbocycles. The lowest BCUT2D eigenvalue weighted by Gasteiger charge is -2.20. The van der Waals surface area contributed by atoms with Crippen LogP contribution in [0.25, 0.3) is 0 Å².